The molecule has 0 atom stereocenters. The van der Waals surface area contributed by atoms with Crippen molar-refractivity contribution in [3.05, 3.63) is 30.3 Å². The second kappa shape index (κ2) is 4.52. The number of carbonyl (C=O) groups is 1. The Balaban J connectivity index is 2.79. The van der Waals surface area contributed by atoms with Crippen molar-refractivity contribution in [2.45, 2.75) is 11.8 Å². The van der Waals surface area contributed by atoms with Crippen LogP contribution < -0.4 is 10.5 Å². The first-order chi connectivity index (χ1) is 8.77. The van der Waals surface area contributed by atoms with E-state index in [2.05, 4.69) is 0 Å². The number of benzene rings is 2. The largest absolute Gasteiger partial charge is 0.426 e. The number of nitrogen functional groups attached to an aromatic ring is 1. The van der Waals surface area contributed by atoms with Crippen molar-refractivity contribution in [1.82, 2.24) is 0 Å². The maximum atomic E-state index is 11.2. The highest BCUT2D eigenvalue weighted by atomic mass is 32.2. The summed E-state index contributed by atoms with van der Waals surface area (Å²) in [5, 5.41) is 0.975. The molecule has 19 heavy (non-hydrogen) atoms. The molecule has 100 valence electrons. The Labute approximate surface area is 109 Å². The zero-order valence-electron chi connectivity index (χ0n) is 9.95. The molecule has 0 aliphatic carbocycles. The third-order valence-corrected chi connectivity index (χ3v) is 3.30. The lowest BCUT2D eigenvalue weighted by molar-refractivity contribution is -0.131. The normalized spacial score (nSPS) is 11.5. The first-order valence-electron chi connectivity index (χ1n) is 5.26. The molecular formula is C12H11NO5S. The van der Waals surface area contributed by atoms with Gasteiger partial charge in [-0.3, -0.25) is 9.35 Å². The van der Waals surface area contributed by atoms with E-state index in [-0.39, 0.29) is 10.6 Å². The van der Waals surface area contributed by atoms with Crippen LogP contribution in [0.15, 0.2) is 35.2 Å². The van der Waals surface area contributed by atoms with Crippen molar-refractivity contribution in [2.24, 2.45) is 0 Å². The molecule has 0 saturated heterocycles. The standard InChI is InChI=1S/C12H11NO5S/c1-7(14)18-12-6-10(19(15,16)17)4-8-2-3-9(13)5-11(8)12/h2-6H,13H2,1H3,(H,15,16,17). The van der Waals surface area contributed by atoms with Gasteiger partial charge in [0, 0.05) is 24.1 Å². The molecule has 0 aromatic heterocycles. The lowest BCUT2D eigenvalue weighted by atomic mass is 10.1. The molecule has 6 nitrogen and oxygen atoms in total. The zero-order chi connectivity index (χ0) is 14.2. The van der Waals surface area contributed by atoms with Gasteiger partial charge in [-0.25, -0.2) is 0 Å². The molecule has 0 radical (unpaired) electrons. The van der Waals surface area contributed by atoms with Gasteiger partial charge in [0.15, 0.2) is 0 Å². The highest BCUT2D eigenvalue weighted by Gasteiger charge is 2.15. The van der Waals surface area contributed by atoms with E-state index in [1.807, 2.05) is 0 Å². The molecule has 0 fully saturated rings. The van der Waals surface area contributed by atoms with E-state index < -0.39 is 16.1 Å². The molecule has 0 spiro atoms. The lowest BCUT2D eigenvalue weighted by Gasteiger charge is -2.09. The quantitative estimate of drug-likeness (QED) is 0.375. The summed E-state index contributed by atoms with van der Waals surface area (Å²) < 4.78 is 36.4. The topological polar surface area (TPSA) is 107 Å². The Hall–Kier alpha value is -2.12. The van der Waals surface area contributed by atoms with Gasteiger partial charge in [-0.05, 0) is 23.6 Å². The molecule has 0 unspecified atom stereocenters. The van der Waals surface area contributed by atoms with Crippen LogP contribution in [0.3, 0.4) is 0 Å². The molecule has 2 rings (SSSR count). The summed E-state index contributed by atoms with van der Waals surface area (Å²) in [6, 6.07) is 7.07. The van der Waals surface area contributed by atoms with Crippen LogP contribution in [0.1, 0.15) is 6.92 Å². The molecule has 2 aromatic carbocycles. The van der Waals surface area contributed by atoms with Crippen LogP contribution in [0, 0.1) is 0 Å². The maximum absolute atomic E-state index is 11.2. The van der Waals surface area contributed by atoms with Gasteiger partial charge in [-0.1, -0.05) is 6.07 Å². The molecule has 0 saturated carbocycles. The van der Waals surface area contributed by atoms with Crippen molar-refractivity contribution in [1.29, 1.82) is 0 Å². The average molecular weight is 281 g/mol. The maximum Gasteiger partial charge on any atom is 0.308 e. The Morgan fingerprint density at radius 3 is 2.53 bits per heavy atom. The number of anilines is 1. The van der Waals surface area contributed by atoms with Crippen LogP contribution in [-0.4, -0.2) is 18.9 Å². The van der Waals surface area contributed by atoms with Gasteiger partial charge in [0.1, 0.15) is 5.75 Å². The third-order valence-electron chi connectivity index (χ3n) is 2.47. The molecule has 0 bridgehead atoms. The number of fused-ring (bicyclic) bond motifs is 1. The summed E-state index contributed by atoms with van der Waals surface area (Å²) in [6.45, 7) is 1.19. The lowest BCUT2D eigenvalue weighted by Crippen LogP contribution is -2.04. The van der Waals surface area contributed by atoms with Gasteiger partial charge in [-0.2, -0.15) is 8.42 Å². The van der Waals surface area contributed by atoms with Crippen molar-refractivity contribution >= 4 is 32.5 Å². The van der Waals surface area contributed by atoms with Gasteiger partial charge >= 0.3 is 5.97 Å². The monoisotopic (exact) mass is 281 g/mol. The highest BCUT2D eigenvalue weighted by Crippen LogP contribution is 2.31. The number of nitrogens with two attached hydrogens (primary N) is 1. The Morgan fingerprint density at radius 1 is 1.26 bits per heavy atom. The van der Waals surface area contributed by atoms with Gasteiger partial charge in [-0.15, -0.1) is 0 Å². The molecule has 2 aromatic rings. The number of carbonyl (C=O) groups excluding carboxylic acids is 1. The number of hydrogen-bond donors (Lipinski definition) is 2. The first kappa shape index (κ1) is 13.3. The van der Waals surface area contributed by atoms with E-state index in [4.69, 9.17) is 15.0 Å². The van der Waals surface area contributed by atoms with E-state index in [0.717, 1.165) is 6.07 Å². The summed E-state index contributed by atoms with van der Waals surface area (Å²) in [5.41, 5.74) is 6.08. The van der Waals surface area contributed by atoms with Gasteiger partial charge in [0.2, 0.25) is 0 Å². The second-order valence-corrected chi connectivity index (χ2v) is 5.39. The minimum absolute atomic E-state index is 0.0323. The van der Waals surface area contributed by atoms with Crippen molar-refractivity contribution in [3.63, 3.8) is 0 Å². The Morgan fingerprint density at radius 2 is 1.95 bits per heavy atom. The van der Waals surface area contributed by atoms with E-state index in [1.54, 1.807) is 18.2 Å². The summed E-state index contributed by atoms with van der Waals surface area (Å²) in [4.78, 5) is 10.7. The van der Waals surface area contributed by atoms with E-state index in [9.17, 15) is 13.2 Å². The van der Waals surface area contributed by atoms with E-state index in [1.165, 1.54) is 13.0 Å². The smallest absolute Gasteiger partial charge is 0.308 e. The number of hydrogen-bond acceptors (Lipinski definition) is 5. The van der Waals surface area contributed by atoms with Crippen LogP contribution in [0.25, 0.3) is 10.8 Å². The van der Waals surface area contributed by atoms with Gasteiger partial charge in [0.05, 0.1) is 4.90 Å². The fourth-order valence-electron chi connectivity index (χ4n) is 1.70. The van der Waals surface area contributed by atoms with Crippen molar-refractivity contribution in [2.75, 3.05) is 5.73 Å². The molecule has 0 heterocycles. The molecule has 0 aliphatic heterocycles. The highest BCUT2D eigenvalue weighted by molar-refractivity contribution is 7.85. The predicted molar refractivity (Wildman–Crippen MR) is 69.5 cm³/mol. The molecular weight excluding hydrogens is 270 g/mol. The predicted octanol–water partition coefficient (Wildman–Crippen LogP) is 1.59. The molecule has 0 amide bonds. The van der Waals surface area contributed by atoms with Gasteiger partial charge in [0.25, 0.3) is 10.1 Å². The zero-order valence-corrected chi connectivity index (χ0v) is 10.8. The van der Waals surface area contributed by atoms with Crippen LogP contribution in [0.4, 0.5) is 5.69 Å². The van der Waals surface area contributed by atoms with Crippen LogP contribution in [0.2, 0.25) is 0 Å². The summed E-state index contributed by atoms with van der Waals surface area (Å²) in [7, 11) is -4.39. The van der Waals surface area contributed by atoms with Crippen molar-refractivity contribution in [3.8, 4) is 5.75 Å². The number of rotatable bonds is 2. The van der Waals surface area contributed by atoms with Gasteiger partial charge < -0.3 is 10.5 Å². The summed E-state index contributed by atoms with van der Waals surface area (Å²) >= 11 is 0. The fourth-order valence-corrected chi connectivity index (χ4v) is 2.24. The third kappa shape index (κ3) is 2.83. The van der Waals surface area contributed by atoms with Crippen LogP contribution in [-0.2, 0) is 14.9 Å². The number of esters is 1. The fraction of sp³-hybridized carbons (Fsp3) is 0.0833. The SMILES string of the molecule is CC(=O)Oc1cc(S(=O)(=O)O)cc2ccc(N)cc12. The summed E-state index contributed by atoms with van der Waals surface area (Å²) in [6.07, 6.45) is 0. The Bertz CT molecular complexity index is 767. The minimum atomic E-state index is -4.39. The van der Waals surface area contributed by atoms with Crippen LogP contribution in [0.5, 0.6) is 5.75 Å². The molecule has 0 aliphatic rings. The molecule has 3 N–H and O–H groups in total. The number of ether oxygens (including phenoxy) is 1. The Kier molecular flexibility index (Phi) is 3.17. The first-order valence-corrected chi connectivity index (χ1v) is 6.70. The second-order valence-electron chi connectivity index (χ2n) is 3.97. The van der Waals surface area contributed by atoms with Crippen molar-refractivity contribution < 1.29 is 22.5 Å². The molecule has 7 heteroatoms. The van der Waals surface area contributed by atoms with Crippen LogP contribution >= 0.6 is 0 Å². The van der Waals surface area contributed by atoms with E-state index >= 15 is 0 Å². The average Bonchev–Trinajstić information content (AvgIpc) is 2.27. The summed E-state index contributed by atoms with van der Waals surface area (Å²) in [5.74, 6) is -0.568. The minimum Gasteiger partial charge on any atom is -0.426 e. The van der Waals surface area contributed by atoms with E-state index in [0.29, 0.717) is 16.5 Å².